The van der Waals surface area contributed by atoms with E-state index in [1.54, 1.807) is 23.1 Å². The Bertz CT molecular complexity index is 776. The molecule has 3 rings (SSSR count). The number of aryl methyl sites for hydroxylation is 1. The largest absolute Gasteiger partial charge is 0.354 e. The number of carbonyl (C=O) groups is 2. The van der Waals surface area contributed by atoms with Crippen molar-refractivity contribution >= 4 is 17.5 Å². The second-order valence-electron chi connectivity index (χ2n) is 6.15. The van der Waals surface area contributed by atoms with Gasteiger partial charge in [-0.1, -0.05) is 36.4 Å². The molecule has 130 valence electrons. The summed E-state index contributed by atoms with van der Waals surface area (Å²) in [7, 11) is 0. The maximum Gasteiger partial charge on any atom is 0.240 e. The lowest BCUT2D eigenvalue weighted by Crippen LogP contribution is -2.41. The van der Waals surface area contributed by atoms with Gasteiger partial charge in [0.25, 0.3) is 0 Å². The Labute approximate surface area is 146 Å². The highest BCUT2D eigenvalue weighted by Gasteiger charge is 2.23. The Morgan fingerprint density at radius 3 is 2.68 bits per heavy atom. The third-order valence-electron chi connectivity index (χ3n) is 4.40. The molecule has 2 aromatic rings. The van der Waals surface area contributed by atoms with Gasteiger partial charge in [0.1, 0.15) is 12.4 Å². The Morgan fingerprint density at radius 2 is 1.84 bits per heavy atom. The number of carbonyl (C=O) groups excluding carboxylic acids is 2. The van der Waals surface area contributed by atoms with Gasteiger partial charge in [0, 0.05) is 18.7 Å². The Kier molecular flexibility index (Phi) is 5.43. The zero-order chi connectivity index (χ0) is 17.6. The molecule has 0 unspecified atom stereocenters. The normalized spacial score (nSPS) is 14.0. The number of rotatable bonds is 5. The van der Waals surface area contributed by atoms with Gasteiger partial charge in [-0.15, -0.1) is 0 Å². The maximum absolute atomic E-state index is 13.6. The molecular weight excluding hydrogens is 319 g/mol. The number of amides is 2. The zero-order valence-corrected chi connectivity index (χ0v) is 14.0. The second-order valence-corrected chi connectivity index (χ2v) is 6.15. The molecule has 1 aliphatic heterocycles. The molecule has 0 atom stereocenters. The van der Waals surface area contributed by atoms with Gasteiger partial charge < -0.3 is 10.2 Å². The van der Waals surface area contributed by atoms with E-state index in [2.05, 4.69) is 5.32 Å². The number of halogens is 1. The number of hydrogen-bond donors (Lipinski definition) is 1. The van der Waals surface area contributed by atoms with Crippen LogP contribution in [0, 0.1) is 5.82 Å². The van der Waals surface area contributed by atoms with E-state index < -0.39 is 0 Å². The van der Waals surface area contributed by atoms with Crippen molar-refractivity contribution in [1.29, 1.82) is 0 Å². The lowest BCUT2D eigenvalue weighted by molar-refractivity contribution is -0.123. The van der Waals surface area contributed by atoms with Crippen LogP contribution in [0.2, 0.25) is 0 Å². The van der Waals surface area contributed by atoms with Crippen molar-refractivity contribution in [3.63, 3.8) is 0 Å². The highest BCUT2D eigenvalue weighted by Crippen LogP contribution is 2.26. The van der Waals surface area contributed by atoms with Crippen LogP contribution in [0.4, 0.5) is 10.1 Å². The fraction of sp³-hybridized carbons (Fsp3) is 0.300. The van der Waals surface area contributed by atoms with Gasteiger partial charge in [0.2, 0.25) is 11.8 Å². The van der Waals surface area contributed by atoms with Crippen LogP contribution in [-0.4, -0.2) is 24.9 Å². The minimum atomic E-state index is -0.270. The van der Waals surface area contributed by atoms with Crippen LogP contribution in [0.3, 0.4) is 0 Å². The fourth-order valence-corrected chi connectivity index (χ4v) is 3.10. The molecule has 1 N–H and O–H groups in total. The molecule has 0 bridgehead atoms. The number of nitrogens with zero attached hydrogens (tertiary/aromatic N) is 1. The molecule has 2 amide bonds. The molecule has 0 fully saturated rings. The average Bonchev–Trinajstić information content (AvgIpc) is 2.76. The SMILES string of the molecule is O=C(CN1C(=O)CCCc2ccccc21)NCCc1ccccc1F. The third-order valence-corrected chi connectivity index (χ3v) is 4.40. The number of anilines is 1. The molecule has 0 saturated heterocycles. The molecule has 1 heterocycles. The van der Waals surface area contributed by atoms with Gasteiger partial charge in [-0.25, -0.2) is 4.39 Å². The summed E-state index contributed by atoms with van der Waals surface area (Å²) >= 11 is 0. The van der Waals surface area contributed by atoms with Crippen molar-refractivity contribution < 1.29 is 14.0 Å². The van der Waals surface area contributed by atoms with Crippen molar-refractivity contribution in [3.8, 4) is 0 Å². The predicted molar refractivity (Wildman–Crippen MR) is 94.8 cm³/mol. The van der Waals surface area contributed by atoms with Crippen molar-refractivity contribution in [2.75, 3.05) is 18.0 Å². The summed E-state index contributed by atoms with van der Waals surface area (Å²) in [5, 5.41) is 2.78. The summed E-state index contributed by atoms with van der Waals surface area (Å²) in [5.41, 5.74) is 2.47. The van der Waals surface area contributed by atoms with Crippen LogP contribution in [0.1, 0.15) is 24.0 Å². The summed E-state index contributed by atoms with van der Waals surface area (Å²) in [6.07, 6.45) is 2.49. The van der Waals surface area contributed by atoms with E-state index in [4.69, 9.17) is 0 Å². The average molecular weight is 340 g/mol. The molecular formula is C20H21FN2O2. The van der Waals surface area contributed by atoms with Crippen molar-refractivity contribution in [3.05, 3.63) is 65.5 Å². The van der Waals surface area contributed by atoms with Crippen LogP contribution in [-0.2, 0) is 22.4 Å². The molecule has 0 spiro atoms. The molecule has 0 radical (unpaired) electrons. The van der Waals surface area contributed by atoms with E-state index in [0.29, 0.717) is 24.9 Å². The van der Waals surface area contributed by atoms with Crippen molar-refractivity contribution in [2.24, 2.45) is 0 Å². The van der Waals surface area contributed by atoms with E-state index in [0.717, 1.165) is 24.1 Å². The molecule has 1 aliphatic rings. The first-order valence-electron chi connectivity index (χ1n) is 8.53. The third kappa shape index (κ3) is 4.24. The van der Waals surface area contributed by atoms with Crippen LogP contribution in [0.15, 0.2) is 48.5 Å². The standard InChI is InChI=1S/C20H21FN2O2/c21-17-9-3-1-6-15(17)12-13-22-19(24)14-23-18-10-4-2-7-16(18)8-5-11-20(23)25/h1-4,6-7,9-10H,5,8,11-14H2,(H,22,24). The highest BCUT2D eigenvalue weighted by molar-refractivity contribution is 5.99. The number of benzene rings is 2. The quantitative estimate of drug-likeness (QED) is 0.910. The molecule has 5 heteroatoms. The second kappa shape index (κ2) is 7.92. The number of nitrogens with one attached hydrogen (secondary N) is 1. The minimum Gasteiger partial charge on any atom is -0.354 e. The van der Waals surface area contributed by atoms with E-state index in [1.807, 2.05) is 24.3 Å². The maximum atomic E-state index is 13.6. The first kappa shape index (κ1) is 17.1. The molecule has 4 nitrogen and oxygen atoms in total. The van der Waals surface area contributed by atoms with E-state index in [9.17, 15) is 14.0 Å². The smallest absolute Gasteiger partial charge is 0.240 e. The fourth-order valence-electron chi connectivity index (χ4n) is 3.10. The summed E-state index contributed by atoms with van der Waals surface area (Å²) in [6, 6.07) is 14.2. The van der Waals surface area contributed by atoms with E-state index in [1.165, 1.54) is 6.07 Å². The summed E-state index contributed by atoms with van der Waals surface area (Å²) in [4.78, 5) is 26.2. The van der Waals surface area contributed by atoms with Crippen LogP contribution in [0.5, 0.6) is 0 Å². The van der Waals surface area contributed by atoms with Gasteiger partial charge in [0.15, 0.2) is 0 Å². The summed E-state index contributed by atoms with van der Waals surface area (Å²) in [5.74, 6) is -0.538. The van der Waals surface area contributed by atoms with E-state index >= 15 is 0 Å². The molecule has 0 aromatic heterocycles. The number of fused-ring (bicyclic) bond motifs is 1. The first-order chi connectivity index (χ1) is 12.1. The monoisotopic (exact) mass is 340 g/mol. The zero-order valence-electron chi connectivity index (χ0n) is 14.0. The van der Waals surface area contributed by atoms with Crippen LogP contribution >= 0.6 is 0 Å². The highest BCUT2D eigenvalue weighted by atomic mass is 19.1. The van der Waals surface area contributed by atoms with Gasteiger partial charge in [-0.05, 0) is 42.5 Å². The summed E-state index contributed by atoms with van der Waals surface area (Å²) < 4.78 is 13.6. The molecule has 0 aliphatic carbocycles. The minimum absolute atomic E-state index is 0.00683. The number of hydrogen-bond acceptors (Lipinski definition) is 2. The van der Waals surface area contributed by atoms with E-state index in [-0.39, 0.29) is 24.2 Å². The summed E-state index contributed by atoms with van der Waals surface area (Å²) in [6.45, 7) is 0.330. The lowest BCUT2D eigenvalue weighted by Gasteiger charge is -2.22. The Balaban J connectivity index is 1.60. The van der Waals surface area contributed by atoms with Crippen molar-refractivity contribution in [1.82, 2.24) is 5.32 Å². The topological polar surface area (TPSA) is 49.4 Å². The molecule has 25 heavy (non-hydrogen) atoms. The lowest BCUT2D eigenvalue weighted by atomic mass is 10.1. The Morgan fingerprint density at radius 1 is 1.08 bits per heavy atom. The Hall–Kier alpha value is -2.69. The van der Waals surface area contributed by atoms with Gasteiger partial charge in [0.05, 0.1) is 0 Å². The van der Waals surface area contributed by atoms with Gasteiger partial charge in [-0.2, -0.15) is 0 Å². The molecule has 2 aromatic carbocycles. The van der Waals surface area contributed by atoms with Gasteiger partial charge >= 0.3 is 0 Å². The number of para-hydroxylation sites is 1. The van der Waals surface area contributed by atoms with Gasteiger partial charge in [-0.3, -0.25) is 9.59 Å². The molecule has 0 saturated carbocycles. The predicted octanol–water partition coefficient (Wildman–Crippen LogP) is 2.85. The first-order valence-corrected chi connectivity index (χ1v) is 8.53. The van der Waals surface area contributed by atoms with Crippen molar-refractivity contribution in [2.45, 2.75) is 25.7 Å². The van der Waals surface area contributed by atoms with Crippen LogP contribution in [0.25, 0.3) is 0 Å². The van der Waals surface area contributed by atoms with Crippen LogP contribution < -0.4 is 10.2 Å².